The van der Waals surface area contributed by atoms with Gasteiger partial charge < -0.3 is 5.84 Å². The lowest BCUT2D eigenvalue weighted by molar-refractivity contribution is 0.270. The third-order valence-electron chi connectivity index (χ3n) is 2.66. The number of rotatable bonds is 16. The molecule has 0 aromatic carbocycles. The number of unbranched alkanes of at least 4 members (excludes halogenated alkanes) is 7. The molecule has 0 rings (SSSR count). The fourth-order valence-electron chi connectivity index (χ4n) is 1.63. The SMILES string of the molecule is CCCCCCCCCCNNNNNNNN=NN. The van der Waals surface area contributed by atoms with Gasteiger partial charge in [0, 0.05) is 6.54 Å². The summed E-state index contributed by atoms with van der Waals surface area (Å²) in [6.07, 6.45) is 10.6. The zero-order valence-corrected chi connectivity index (χ0v) is 12.3. The average Bonchev–Trinajstić information content (AvgIpc) is 2.47. The van der Waals surface area contributed by atoms with Crippen molar-refractivity contribution < 1.29 is 0 Å². The van der Waals surface area contributed by atoms with Crippen molar-refractivity contribution in [3.8, 4) is 0 Å². The van der Waals surface area contributed by atoms with E-state index in [4.69, 9.17) is 5.84 Å². The van der Waals surface area contributed by atoms with E-state index in [0.29, 0.717) is 0 Å². The molecule has 10 heteroatoms. The highest BCUT2D eigenvalue weighted by Crippen LogP contribution is 2.07. The lowest BCUT2D eigenvalue weighted by atomic mass is 10.1. The Morgan fingerprint density at radius 3 is 2.05 bits per heavy atom. The highest BCUT2D eigenvalue weighted by molar-refractivity contribution is 4.47. The minimum Gasteiger partial charge on any atom is -0.303 e. The van der Waals surface area contributed by atoms with Gasteiger partial charge in [-0.05, 0) is 11.6 Å². The number of hydrazine groups is 6. The van der Waals surface area contributed by atoms with Crippen LogP contribution in [0.15, 0.2) is 10.4 Å². The number of nitrogens with zero attached hydrogens (tertiary/aromatic N) is 2. The van der Waals surface area contributed by atoms with Crippen molar-refractivity contribution in [1.82, 2.24) is 38.6 Å². The van der Waals surface area contributed by atoms with Gasteiger partial charge in [-0.2, -0.15) is 22.1 Å². The van der Waals surface area contributed by atoms with Gasteiger partial charge in [-0.3, -0.25) is 0 Å². The molecule has 0 amide bonds. The van der Waals surface area contributed by atoms with E-state index in [-0.39, 0.29) is 0 Å². The molecule has 0 heterocycles. The summed E-state index contributed by atoms with van der Waals surface area (Å²) >= 11 is 0. The summed E-state index contributed by atoms with van der Waals surface area (Å²) in [6, 6.07) is 0. The van der Waals surface area contributed by atoms with Crippen LogP contribution in [0.3, 0.4) is 0 Å². The van der Waals surface area contributed by atoms with E-state index >= 15 is 0 Å². The smallest absolute Gasteiger partial charge is 0.0113 e. The van der Waals surface area contributed by atoms with Gasteiger partial charge in [0.25, 0.3) is 0 Å². The Bertz CT molecular complexity index is 200. The minimum atomic E-state index is 0.913. The standard InChI is InChI=1S/C10H30N10/c1-2-3-4-5-6-7-8-9-10-12-14-16-18-20-19-17-15-13-11/h2-10H2,1H3,(H5,11,14,15,18,19)(H4,12,13,16,17,20). The summed E-state index contributed by atoms with van der Waals surface area (Å²) in [5.41, 5.74) is 18.3. The van der Waals surface area contributed by atoms with Crippen LogP contribution in [-0.4, -0.2) is 6.54 Å². The Kier molecular flexibility index (Phi) is 17.0. The molecule has 0 aromatic heterocycles. The average molecular weight is 290 g/mol. The molecule has 120 valence electrons. The molecule has 20 heavy (non-hydrogen) atoms. The number of nitrogens with two attached hydrogens (primary N) is 1. The molecule has 0 atom stereocenters. The molecule has 0 aliphatic heterocycles. The monoisotopic (exact) mass is 290 g/mol. The molecular weight excluding hydrogens is 260 g/mol. The predicted octanol–water partition coefficient (Wildman–Crippen LogP) is -0.0148. The molecule has 0 unspecified atom stereocenters. The molecule has 0 radical (unpaired) electrons. The summed E-state index contributed by atoms with van der Waals surface area (Å²) in [5, 5.41) is 6.22. The lowest BCUT2D eigenvalue weighted by Gasteiger charge is -2.10. The van der Waals surface area contributed by atoms with Gasteiger partial charge in [0.1, 0.15) is 0 Å². The van der Waals surface area contributed by atoms with Crippen molar-refractivity contribution in [2.24, 2.45) is 16.3 Å². The van der Waals surface area contributed by atoms with Crippen LogP contribution >= 0.6 is 0 Å². The molecule has 0 bridgehead atoms. The zero-order valence-electron chi connectivity index (χ0n) is 12.3. The minimum absolute atomic E-state index is 0.913. The van der Waals surface area contributed by atoms with Gasteiger partial charge in [-0.25, -0.2) is 11.0 Å². The Balaban J connectivity index is 2.92. The van der Waals surface area contributed by atoms with Gasteiger partial charge in [-0.1, -0.05) is 57.1 Å². The van der Waals surface area contributed by atoms with Crippen LogP contribution in [0.5, 0.6) is 0 Å². The molecule has 0 saturated carbocycles. The number of hydrogen-bond acceptors (Lipinski definition) is 8. The van der Waals surface area contributed by atoms with E-state index in [1.807, 2.05) is 0 Å². The Hall–Kier alpha value is -1.04. The van der Waals surface area contributed by atoms with E-state index in [2.05, 4.69) is 56.0 Å². The maximum atomic E-state index is 4.76. The van der Waals surface area contributed by atoms with Crippen molar-refractivity contribution in [3.05, 3.63) is 0 Å². The summed E-state index contributed by atoms with van der Waals surface area (Å²) in [4.78, 5) is 0. The molecule has 0 aliphatic rings. The highest BCUT2D eigenvalue weighted by atomic mass is 15.9. The number of nitrogens with one attached hydrogen (secondary N) is 7. The van der Waals surface area contributed by atoms with Crippen molar-refractivity contribution in [2.45, 2.75) is 58.3 Å². The summed E-state index contributed by atoms with van der Waals surface area (Å²) in [7, 11) is 0. The Labute approximate surface area is 120 Å². The first kappa shape index (κ1) is 19.0. The summed E-state index contributed by atoms with van der Waals surface area (Å²) < 4.78 is 0. The number of hydrogen-bond donors (Lipinski definition) is 8. The summed E-state index contributed by atoms with van der Waals surface area (Å²) in [5.74, 6) is 4.76. The molecule has 0 fully saturated rings. The molecule has 10 nitrogen and oxygen atoms in total. The van der Waals surface area contributed by atoms with Crippen molar-refractivity contribution >= 4 is 0 Å². The van der Waals surface area contributed by atoms with Crippen LogP contribution in [0.4, 0.5) is 0 Å². The first-order chi connectivity index (χ1) is 9.91. The van der Waals surface area contributed by atoms with E-state index in [0.717, 1.165) is 13.0 Å². The Morgan fingerprint density at radius 1 is 0.750 bits per heavy atom. The fourth-order valence-corrected chi connectivity index (χ4v) is 1.63. The largest absolute Gasteiger partial charge is 0.303 e. The van der Waals surface area contributed by atoms with Gasteiger partial charge in [0.05, 0.1) is 0 Å². The van der Waals surface area contributed by atoms with Gasteiger partial charge in [-0.15, -0.1) is 5.53 Å². The van der Waals surface area contributed by atoms with Crippen LogP contribution < -0.4 is 44.5 Å². The van der Waals surface area contributed by atoms with Crippen molar-refractivity contribution in [1.29, 1.82) is 0 Å². The zero-order chi connectivity index (χ0) is 14.7. The van der Waals surface area contributed by atoms with E-state index in [1.54, 1.807) is 0 Å². The predicted molar refractivity (Wildman–Crippen MR) is 78.5 cm³/mol. The first-order valence-corrected chi connectivity index (χ1v) is 7.24. The van der Waals surface area contributed by atoms with Crippen LogP contribution in [0.2, 0.25) is 0 Å². The maximum absolute atomic E-state index is 4.76. The normalized spacial score (nSPS) is 11.2. The van der Waals surface area contributed by atoms with Crippen LogP contribution in [0.25, 0.3) is 0 Å². The van der Waals surface area contributed by atoms with Crippen LogP contribution in [-0.2, 0) is 0 Å². The molecule has 0 spiro atoms. The maximum Gasteiger partial charge on any atom is 0.0113 e. The molecule has 0 aromatic rings. The second-order valence-corrected chi connectivity index (χ2v) is 4.35. The third-order valence-corrected chi connectivity index (χ3v) is 2.66. The van der Waals surface area contributed by atoms with Gasteiger partial charge in [0.2, 0.25) is 0 Å². The second kappa shape index (κ2) is 18.0. The van der Waals surface area contributed by atoms with Crippen molar-refractivity contribution in [3.63, 3.8) is 0 Å². The van der Waals surface area contributed by atoms with Crippen LogP contribution in [0.1, 0.15) is 58.3 Å². The molecule has 9 N–H and O–H groups in total. The topological polar surface area (TPSA) is 135 Å². The summed E-state index contributed by atoms with van der Waals surface area (Å²) in [6.45, 7) is 3.16. The van der Waals surface area contributed by atoms with Crippen LogP contribution in [0, 0.1) is 0 Å². The van der Waals surface area contributed by atoms with E-state index < -0.39 is 0 Å². The Morgan fingerprint density at radius 2 is 1.35 bits per heavy atom. The quantitative estimate of drug-likeness (QED) is 0.0860. The van der Waals surface area contributed by atoms with Gasteiger partial charge in [0.15, 0.2) is 0 Å². The molecule has 0 aliphatic carbocycles. The third kappa shape index (κ3) is 17.0. The molecular formula is C10H30N10. The van der Waals surface area contributed by atoms with Crippen molar-refractivity contribution in [2.75, 3.05) is 6.54 Å². The van der Waals surface area contributed by atoms with E-state index in [9.17, 15) is 0 Å². The van der Waals surface area contributed by atoms with E-state index in [1.165, 1.54) is 44.9 Å². The fraction of sp³-hybridized carbons (Fsp3) is 1.00. The highest BCUT2D eigenvalue weighted by Gasteiger charge is 1.91. The first-order valence-electron chi connectivity index (χ1n) is 7.24. The second-order valence-electron chi connectivity index (χ2n) is 4.35. The van der Waals surface area contributed by atoms with Gasteiger partial charge >= 0.3 is 0 Å². The lowest BCUT2D eigenvalue weighted by Crippen LogP contribution is -2.60. The molecule has 0 saturated heterocycles.